The van der Waals surface area contributed by atoms with Gasteiger partial charge < -0.3 is 0 Å². The van der Waals surface area contributed by atoms with E-state index in [4.69, 9.17) is 0 Å². The minimum atomic E-state index is 0.820. The first-order valence-corrected chi connectivity index (χ1v) is 5.69. The summed E-state index contributed by atoms with van der Waals surface area (Å²) in [4.78, 5) is 8.90. The molecule has 14 heavy (non-hydrogen) atoms. The number of halogens is 2. The number of para-hydroxylation sites is 1. The lowest BCUT2D eigenvalue weighted by atomic mass is 10.1. The van der Waals surface area contributed by atoms with E-state index in [2.05, 4.69) is 41.8 Å². The summed E-state index contributed by atoms with van der Waals surface area (Å²) in [6, 6.07) is 8.02. The molecule has 2 nitrogen and oxygen atoms in total. The van der Waals surface area contributed by atoms with Gasteiger partial charge in [-0.3, -0.25) is 0 Å². The molecule has 2 aliphatic rings. The molecule has 1 aromatic rings. The third-order valence-electron chi connectivity index (χ3n) is 2.21. The fraction of sp³-hybridized carbons (Fsp3) is 0. The normalized spacial score (nSPS) is 17.9. The average molecular weight is 312 g/mol. The Morgan fingerprint density at radius 2 is 1.71 bits per heavy atom. The lowest BCUT2D eigenvalue weighted by Gasteiger charge is -1.94. The maximum absolute atomic E-state index is 4.50. The second kappa shape index (κ2) is 2.87. The van der Waals surface area contributed by atoms with Crippen LogP contribution in [0.1, 0.15) is 5.56 Å². The smallest absolute Gasteiger partial charge is 0.123 e. The summed E-state index contributed by atoms with van der Waals surface area (Å²) < 4.78 is 1.75. The summed E-state index contributed by atoms with van der Waals surface area (Å²) in [6.45, 7) is 0. The predicted molar refractivity (Wildman–Crippen MR) is 65.0 cm³/mol. The lowest BCUT2D eigenvalue weighted by molar-refractivity contribution is 1.51. The van der Waals surface area contributed by atoms with Crippen LogP contribution in [0.2, 0.25) is 0 Å². The van der Waals surface area contributed by atoms with Crippen LogP contribution in [0, 0.1) is 0 Å². The van der Waals surface area contributed by atoms with E-state index in [-0.39, 0.29) is 0 Å². The number of benzene rings is 1. The molecular formula is C10H4Br2N2. The van der Waals surface area contributed by atoms with E-state index < -0.39 is 0 Å². The molecule has 0 unspecified atom stereocenters. The van der Waals surface area contributed by atoms with Crippen LogP contribution >= 0.6 is 31.9 Å². The quantitative estimate of drug-likeness (QED) is 0.655. The van der Waals surface area contributed by atoms with Crippen molar-refractivity contribution in [2.24, 2.45) is 9.98 Å². The van der Waals surface area contributed by atoms with E-state index in [9.17, 15) is 0 Å². The number of hydrogen-bond acceptors (Lipinski definition) is 2. The molecule has 3 rings (SSSR count). The first-order chi connectivity index (χ1) is 6.77. The number of nitrogens with zero attached hydrogens (tertiary/aromatic N) is 2. The summed E-state index contributed by atoms with van der Waals surface area (Å²) in [5.74, 6) is 0. The van der Waals surface area contributed by atoms with Gasteiger partial charge in [-0.2, -0.15) is 0 Å². The van der Waals surface area contributed by atoms with Crippen LogP contribution in [-0.4, -0.2) is 11.4 Å². The molecule has 68 valence electrons. The summed E-state index contributed by atoms with van der Waals surface area (Å²) in [5, 5.41) is 0. The molecule has 0 bridgehead atoms. The van der Waals surface area contributed by atoms with Crippen molar-refractivity contribution >= 4 is 49.0 Å². The zero-order chi connectivity index (χ0) is 9.71. The molecule has 0 fully saturated rings. The number of allylic oxidation sites excluding steroid dienone is 1. The van der Waals surface area contributed by atoms with Crippen molar-refractivity contribution in [3.05, 3.63) is 38.9 Å². The van der Waals surface area contributed by atoms with E-state index in [1.54, 1.807) is 0 Å². The van der Waals surface area contributed by atoms with Crippen LogP contribution in [-0.2, 0) is 0 Å². The van der Waals surface area contributed by atoms with Crippen LogP contribution < -0.4 is 0 Å². The molecule has 1 aromatic carbocycles. The minimum absolute atomic E-state index is 0.820. The standard InChI is InChI=1S/C10H4Br2N2/c11-7-9-8(14-10(7)12)5-3-1-2-4-6(5)13-9/h1-4H. The molecule has 2 heterocycles. The second-order valence-corrected chi connectivity index (χ2v) is 4.59. The monoisotopic (exact) mass is 310 g/mol. The van der Waals surface area contributed by atoms with Crippen LogP contribution in [0.5, 0.6) is 0 Å². The van der Waals surface area contributed by atoms with Crippen molar-refractivity contribution in [1.82, 2.24) is 0 Å². The average Bonchev–Trinajstić information content (AvgIpc) is 2.67. The van der Waals surface area contributed by atoms with Gasteiger partial charge in [0, 0.05) is 5.56 Å². The van der Waals surface area contributed by atoms with Crippen molar-refractivity contribution in [2.45, 2.75) is 0 Å². The highest BCUT2D eigenvalue weighted by Crippen LogP contribution is 2.37. The molecule has 0 saturated heterocycles. The Kier molecular flexibility index (Phi) is 1.76. The van der Waals surface area contributed by atoms with Gasteiger partial charge in [-0.05, 0) is 37.9 Å². The number of hydrogen-bond donors (Lipinski definition) is 0. The molecule has 0 radical (unpaired) electrons. The Morgan fingerprint density at radius 1 is 0.929 bits per heavy atom. The summed E-state index contributed by atoms with van der Waals surface area (Å²) in [6.07, 6.45) is 0. The van der Waals surface area contributed by atoms with Gasteiger partial charge in [0.05, 0.1) is 10.2 Å². The Bertz CT molecular complexity index is 523. The molecular weight excluding hydrogens is 308 g/mol. The molecule has 0 aromatic heterocycles. The molecule has 4 heteroatoms. The largest absolute Gasteiger partial charge is 0.245 e. The van der Waals surface area contributed by atoms with E-state index in [1.165, 1.54) is 0 Å². The molecule has 0 N–H and O–H groups in total. The molecule has 2 aliphatic heterocycles. The lowest BCUT2D eigenvalue weighted by Crippen LogP contribution is -2.05. The van der Waals surface area contributed by atoms with Crippen molar-refractivity contribution < 1.29 is 0 Å². The van der Waals surface area contributed by atoms with Crippen LogP contribution in [0.3, 0.4) is 0 Å². The van der Waals surface area contributed by atoms with Gasteiger partial charge >= 0.3 is 0 Å². The van der Waals surface area contributed by atoms with Gasteiger partial charge in [-0.1, -0.05) is 18.2 Å². The van der Waals surface area contributed by atoms with E-state index in [0.29, 0.717) is 0 Å². The number of fused-ring (bicyclic) bond motifs is 3. The van der Waals surface area contributed by atoms with Gasteiger partial charge in [0.1, 0.15) is 16.0 Å². The topological polar surface area (TPSA) is 24.7 Å². The van der Waals surface area contributed by atoms with E-state index in [1.807, 2.05) is 24.3 Å². The molecule has 0 aliphatic carbocycles. The highest BCUT2D eigenvalue weighted by atomic mass is 79.9. The molecule has 0 spiro atoms. The summed E-state index contributed by atoms with van der Waals surface area (Å²) >= 11 is 6.83. The van der Waals surface area contributed by atoms with E-state index in [0.717, 1.165) is 31.8 Å². The van der Waals surface area contributed by atoms with Crippen LogP contribution in [0.15, 0.2) is 43.3 Å². The maximum atomic E-state index is 4.50. The highest BCUT2D eigenvalue weighted by molar-refractivity contribution is 9.14. The van der Waals surface area contributed by atoms with Crippen molar-refractivity contribution in [2.75, 3.05) is 0 Å². The van der Waals surface area contributed by atoms with Gasteiger partial charge in [-0.15, -0.1) is 0 Å². The van der Waals surface area contributed by atoms with Crippen molar-refractivity contribution in [1.29, 1.82) is 0 Å². The highest BCUT2D eigenvalue weighted by Gasteiger charge is 2.29. The third kappa shape index (κ3) is 1.01. The summed E-state index contributed by atoms with van der Waals surface area (Å²) in [5.41, 5.74) is 3.99. The Balaban J connectivity index is 2.26. The van der Waals surface area contributed by atoms with Crippen molar-refractivity contribution in [3.63, 3.8) is 0 Å². The zero-order valence-electron chi connectivity index (χ0n) is 6.96. The first kappa shape index (κ1) is 8.56. The van der Waals surface area contributed by atoms with Gasteiger partial charge in [0.2, 0.25) is 0 Å². The molecule has 0 saturated carbocycles. The third-order valence-corrected chi connectivity index (χ3v) is 4.07. The Hall–Kier alpha value is -0.740. The molecule has 0 amide bonds. The van der Waals surface area contributed by atoms with E-state index >= 15 is 0 Å². The first-order valence-electron chi connectivity index (χ1n) is 4.10. The van der Waals surface area contributed by atoms with Crippen LogP contribution in [0.25, 0.3) is 0 Å². The predicted octanol–water partition coefficient (Wildman–Crippen LogP) is 3.53. The van der Waals surface area contributed by atoms with Crippen LogP contribution in [0.4, 0.5) is 5.69 Å². The Labute approximate surface area is 97.7 Å². The van der Waals surface area contributed by atoms with Gasteiger partial charge in [-0.25, -0.2) is 9.98 Å². The maximum Gasteiger partial charge on any atom is 0.123 e. The minimum Gasteiger partial charge on any atom is -0.245 e. The fourth-order valence-electron chi connectivity index (χ4n) is 1.58. The molecule has 0 atom stereocenters. The fourth-order valence-corrected chi connectivity index (χ4v) is 2.31. The number of rotatable bonds is 0. The SMILES string of the molecule is BrC1=C(Br)C2=Nc3ccccc3C2=N1. The summed E-state index contributed by atoms with van der Waals surface area (Å²) in [7, 11) is 0. The van der Waals surface area contributed by atoms with Gasteiger partial charge in [0.25, 0.3) is 0 Å². The number of aliphatic imine (C=N–C) groups is 2. The zero-order valence-corrected chi connectivity index (χ0v) is 10.1. The van der Waals surface area contributed by atoms with Gasteiger partial charge in [0.15, 0.2) is 0 Å². The van der Waals surface area contributed by atoms with Crippen molar-refractivity contribution in [3.8, 4) is 0 Å². The Morgan fingerprint density at radius 3 is 2.57 bits per heavy atom. The second-order valence-electron chi connectivity index (χ2n) is 3.04.